The molecule has 3 rings (SSSR count). The number of carbonyl (C=O) groups excluding carboxylic acids is 1. The van der Waals surface area contributed by atoms with Crippen LogP contribution in [0.15, 0.2) is 54.9 Å². The van der Waals surface area contributed by atoms with Crippen LogP contribution in [0.25, 0.3) is 22.3 Å². The molecule has 0 aliphatic rings. The zero-order valence-electron chi connectivity index (χ0n) is 14.5. The first-order chi connectivity index (χ1) is 12.9. The quantitative estimate of drug-likeness (QED) is 0.656. The highest BCUT2D eigenvalue weighted by molar-refractivity contribution is 7.78. The summed E-state index contributed by atoms with van der Waals surface area (Å²) in [6, 6.07) is 12.6. The Hall–Kier alpha value is -3.10. The van der Waals surface area contributed by atoms with Crippen LogP contribution in [0.4, 0.5) is 11.6 Å². The van der Waals surface area contributed by atoms with Crippen molar-refractivity contribution in [1.82, 2.24) is 9.97 Å². The Bertz CT molecular complexity index is 989. The number of hydrogen-bond donors (Lipinski definition) is 2. The van der Waals surface area contributed by atoms with E-state index in [1.165, 1.54) is 6.92 Å². The number of nitrogen functional groups attached to an aromatic ring is 1. The van der Waals surface area contributed by atoms with Crippen molar-refractivity contribution in [2.45, 2.75) is 12.7 Å². The fourth-order valence-electron chi connectivity index (χ4n) is 2.60. The molecule has 1 amide bonds. The Balaban J connectivity index is 1.90. The highest BCUT2D eigenvalue weighted by Crippen LogP contribution is 2.29. The van der Waals surface area contributed by atoms with Gasteiger partial charge in [-0.2, -0.15) is 0 Å². The first-order valence-electron chi connectivity index (χ1n) is 8.07. The van der Waals surface area contributed by atoms with E-state index in [1.807, 2.05) is 24.3 Å². The molecule has 138 valence electrons. The average molecular weight is 381 g/mol. The van der Waals surface area contributed by atoms with Crippen LogP contribution in [0.2, 0.25) is 0 Å². The lowest BCUT2D eigenvalue weighted by Gasteiger charge is -2.10. The Morgan fingerprint density at radius 2 is 1.74 bits per heavy atom. The molecule has 0 fully saturated rings. The summed E-state index contributed by atoms with van der Waals surface area (Å²) in [6.07, 6.45) is 3.29. The first kappa shape index (κ1) is 18.7. The van der Waals surface area contributed by atoms with E-state index in [9.17, 15) is 13.6 Å². The van der Waals surface area contributed by atoms with E-state index in [-0.39, 0.29) is 11.7 Å². The Kier molecular flexibility index (Phi) is 5.58. The molecule has 0 saturated heterocycles. The molecule has 1 atom stereocenters. The van der Waals surface area contributed by atoms with E-state index >= 15 is 0 Å². The largest absolute Gasteiger partial charge is 0.772 e. The smallest absolute Gasteiger partial charge is 0.222 e. The van der Waals surface area contributed by atoms with E-state index in [1.54, 1.807) is 30.6 Å². The van der Waals surface area contributed by atoms with Gasteiger partial charge in [-0.3, -0.25) is 9.00 Å². The van der Waals surface area contributed by atoms with Crippen LogP contribution in [-0.2, 0) is 21.6 Å². The summed E-state index contributed by atoms with van der Waals surface area (Å²) >= 11 is -2.12. The maximum Gasteiger partial charge on any atom is 0.222 e. The number of nitrogens with two attached hydrogens (primary N) is 1. The maximum absolute atomic E-state index is 11.1. The molecular weight excluding hydrogens is 364 g/mol. The summed E-state index contributed by atoms with van der Waals surface area (Å²) in [6.45, 7) is 1.42. The van der Waals surface area contributed by atoms with E-state index in [0.717, 1.165) is 22.3 Å². The summed E-state index contributed by atoms with van der Waals surface area (Å²) in [4.78, 5) is 19.6. The minimum Gasteiger partial charge on any atom is -0.772 e. The topological polar surface area (TPSA) is 121 Å². The highest BCUT2D eigenvalue weighted by atomic mass is 32.2. The molecule has 0 aliphatic carbocycles. The van der Waals surface area contributed by atoms with Crippen molar-refractivity contribution < 1.29 is 13.6 Å². The van der Waals surface area contributed by atoms with Gasteiger partial charge in [-0.25, -0.2) is 9.97 Å². The molecule has 7 nitrogen and oxygen atoms in total. The molecule has 8 heteroatoms. The zero-order chi connectivity index (χ0) is 19.4. The molecule has 3 aromatic rings. The van der Waals surface area contributed by atoms with E-state index < -0.39 is 11.1 Å². The number of nitrogens with one attached hydrogen (secondary N) is 1. The highest BCUT2D eigenvalue weighted by Gasteiger charge is 2.08. The number of nitrogens with zero attached hydrogens (tertiary/aromatic N) is 2. The van der Waals surface area contributed by atoms with Gasteiger partial charge in [0, 0.05) is 41.8 Å². The van der Waals surface area contributed by atoms with Crippen LogP contribution < -0.4 is 11.1 Å². The van der Waals surface area contributed by atoms with Crippen LogP contribution >= 0.6 is 0 Å². The van der Waals surface area contributed by atoms with Crippen molar-refractivity contribution >= 4 is 28.6 Å². The number of benzene rings is 1. The average Bonchev–Trinajstić information content (AvgIpc) is 2.63. The minimum atomic E-state index is -2.12. The summed E-state index contributed by atoms with van der Waals surface area (Å²) in [7, 11) is 0. The lowest BCUT2D eigenvalue weighted by Crippen LogP contribution is -2.07. The molecule has 0 radical (unpaired) electrons. The second-order valence-electron chi connectivity index (χ2n) is 5.92. The van der Waals surface area contributed by atoms with E-state index in [2.05, 4.69) is 15.3 Å². The molecule has 2 heterocycles. The lowest BCUT2D eigenvalue weighted by atomic mass is 10.0. The fourth-order valence-corrected chi connectivity index (χ4v) is 3.07. The maximum atomic E-state index is 11.1. The zero-order valence-corrected chi connectivity index (χ0v) is 15.3. The fraction of sp³-hybridized carbons (Fsp3) is 0.105. The number of aromatic nitrogens is 2. The molecular formula is C19H17N4O3S-. The van der Waals surface area contributed by atoms with Gasteiger partial charge in [0.15, 0.2) is 0 Å². The molecule has 1 unspecified atom stereocenters. The normalized spacial score (nSPS) is 11.8. The van der Waals surface area contributed by atoms with Crippen molar-refractivity contribution in [3.63, 3.8) is 0 Å². The molecule has 27 heavy (non-hydrogen) atoms. The Morgan fingerprint density at radius 1 is 1.07 bits per heavy atom. The Morgan fingerprint density at radius 3 is 2.33 bits per heavy atom. The number of hydrogen-bond acceptors (Lipinski definition) is 6. The third-order valence-corrected chi connectivity index (χ3v) is 4.44. The molecule has 3 N–H and O–H groups in total. The third-order valence-electron chi connectivity index (χ3n) is 3.87. The van der Waals surface area contributed by atoms with Gasteiger partial charge in [0.25, 0.3) is 0 Å². The van der Waals surface area contributed by atoms with Crippen molar-refractivity contribution in [3.8, 4) is 22.3 Å². The second-order valence-corrected chi connectivity index (χ2v) is 6.81. The standard InChI is InChI=1S/C19H18N4O3S/c1-12(24)23-18-7-6-15(9-21-18)17-8-16(10-22-19(17)20)14-4-2-13(3-5-14)11-27(25)26/h2-10H,11H2,1H3,(H2,20,22)(H,25,26)(H,21,23,24)/p-1. The molecule has 1 aromatic carbocycles. The summed E-state index contributed by atoms with van der Waals surface area (Å²) in [5.74, 6) is 0.617. The van der Waals surface area contributed by atoms with Crippen molar-refractivity contribution in [3.05, 3.63) is 60.4 Å². The van der Waals surface area contributed by atoms with Gasteiger partial charge in [-0.15, -0.1) is 0 Å². The van der Waals surface area contributed by atoms with Gasteiger partial charge < -0.3 is 15.6 Å². The first-order valence-corrected chi connectivity index (χ1v) is 9.31. The molecule has 0 aliphatic heterocycles. The number of amides is 1. The van der Waals surface area contributed by atoms with Gasteiger partial charge >= 0.3 is 0 Å². The lowest BCUT2D eigenvalue weighted by molar-refractivity contribution is -0.114. The van der Waals surface area contributed by atoms with Crippen molar-refractivity contribution in [2.75, 3.05) is 11.1 Å². The van der Waals surface area contributed by atoms with Gasteiger partial charge in [0.05, 0.1) is 0 Å². The summed E-state index contributed by atoms with van der Waals surface area (Å²) < 4.78 is 21.6. The van der Waals surface area contributed by atoms with Crippen LogP contribution in [-0.4, -0.2) is 24.6 Å². The van der Waals surface area contributed by atoms with Gasteiger partial charge in [-0.1, -0.05) is 35.3 Å². The second kappa shape index (κ2) is 8.07. The van der Waals surface area contributed by atoms with Gasteiger partial charge in [0.1, 0.15) is 11.6 Å². The SMILES string of the molecule is CC(=O)Nc1ccc(-c2cc(-c3ccc(CS(=O)[O-])cc3)cnc2N)cn1. The van der Waals surface area contributed by atoms with Crippen LogP contribution in [0.5, 0.6) is 0 Å². The predicted molar refractivity (Wildman–Crippen MR) is 104 cm³/mol. The number of pyridine rings is 2. The number of anilines is 2. The van der Waals surface area contributed by atoms with Crippen LogP contribution in [0.3, 0.4) is 0 Å². The number of rotatable bonds is 5. The summed E-state index contributed by atoms with van der Waals surface area (Å²) in [5, 5.41) is 2.61. The summed E-state index contributed by atoms with van der Waals surface area (Å²) in [5.41, 5.74) is 9.97. The van der Waals surface area contributed by atoms with Gasteiger partial charge in [-0.05, 0) is 29.3 Å². The van der Waals surface area contributed by atoms with Crippen LogP contribution in [0, 0.1) is 0 Å². The third kappa shape index (κ3) is 4.75. The molecule has 0 saturated carbocycles. The Labute approximate surface area is 159 Å². The number of carbonyl (C=O) groups is 1. The van der Waals surface area contributed by atoms with Crippen molar-refractivity contribution in [2.24, 2.45) is 0 Å². The van der Waals surface area contributed by atoms with Crippen molar-refractivity contribution in [1.29, 1.82) is 0 Å². The van der Waals surface area contributed by atoms with E-state index in [0.29, 0.717) is 17.2 Å². The predicted octanol–water partition coefficient (Wildman–Crippen LogP) is 2.73. The van der Waals surface area contributed by atoms with Crippen LogP contribution in [0.1, 0.15) is 12.5 Å². The van der Waals surface area contributed by atoms with Gasteiger partial charge in [0.2, 0.25) is 5.91 Å². The molecule has 0 bridgehead atoms. The monoisotopic (exact) mass is 381 g/mol. The minimum absolute atomic E-state index is 0.0160. The molecule has 2 aromatic heterocycles. The molecule has 0 spiro atoms. The van der Waals surface area contributed by atoms with E-state index in [4.69, 9.17) is 5.73 Å².